The number of aryl methyl sites for hydroxylation is 1. The summed E-state index contributed by atoms with van der Waals surface area (Å²) < 4.78 is 12.2. The van der Waals surface area contributed by atoms with E-state index < -0.39 is 0 Å². The first-order valence-electron chi connectivity index (χ1n) is 6.74. The molecule has 0 saturated heterocycles. The van der Waals surface area contributed by atoms with E-state index in [0.29, 0.717) is 24.7 Å². The highest BCUT2D eigenvalue weighted by Gasteiger charge is 2.12. The molecule has 0 bridgehead atoms. The summed E-state index contributed by atoms with van der Waals surface area (Å²) in [5, 5.41) is 0. The number of halogens is 1. The van der Waals surface area contributed by atoms with Crippen LogP contribution in [0.2, 0.25) is 0 Å². The first kappa shape index (κ1) is 15.8. The summed E-state index contributed by atoms with van der Waals surface area (Å²) in [6, 6.07) is 6.02. The Hall–Kier alpha value is -1.59. The van der Waals surface area contributed by atoms with E-state index in [2.05, 4.69) is 27.0 Å². The molecule has 0 atom stereocenters. The fourth-order valence-corrected chi connectivity index (χ4v) is 2.68. The van der Waals surface area contributed by atoms with E-state index >= 15 is 0 Å². The molecule has 2 N–H and O–H groups in total. The number of nitrogens with two attached hydrogens (primary N) is 1. The molecule has 0 radical (unpaired) electrons. The third-order valence-electron chi connectivity index (χ3n) is 3.04. The van der Waals surface area contributed by atoms with Gasteiger partial charge in [-0.05, 0) is 65.1 Å². The molecule has 21 heavy (non-hydrogen) atoms. The average Bonchev–Trinajstić information content (AvgIpc) is 2.46. The second kappa shape index (κ2) is 7.43. The van der Waals surface area contributed by atoms with Crippen molar-refractivity contribution in [3.63, 3.8) is 0 Å². The minimum Gasteiger partial charge on any atom is -0.493 e. The van der Waals surface area contributed by atoms with Gasteiger partial charge in [-0.25, -0.2) is 0 Å². The number of nitrogens with zero attached hydrogens (tertiary/aromatic N) is 1. The summed E-state index contributed by atoms with van der Waals surface area (Å²) in [6.45, 7) is 3.05. The van der Waals surface area contributed by atoms with Crippen LogP contribution in [0.25, 0.3) is 0 Å². The third kappa shape index (κ3) is 4.19. The van der Waals surface area contributed by atoms with Gasteiger partial charge in [-0.2, -0.15) is 0 Å². The van der Waals surface area contributed by atoms with E-state index in [4.69, 9.17) is 15.2 Å². The average molecular weight is 351 g/mol. The Morgan fingerprint density at radius 3 is 2.67 bits per heavy atom. The van der Waals surface area contributed by atoms with Crippen LogP contribution >= 0.6 is 15.9 Å². The van der Waals surface area contributed by atoms with Crippen LogP contribution in [0, 0.1) is 6.92 Å². The van der Waals surface area contributed by atoms with Gasteiger partial charge < -0.3 is 15.2 Å². The smallest absolute Gasteiger partial charge is 0.175 e. The monoisotopic (exact) mass is 350 g/mol. The number of pyridine rings is 1. The lowest BCUT2D eigenvalue weighted by Crippen LogP contribution is -2.04. The van der Waals surface area contributed by atoms with Crippen LogP contribution in [0.3, 0.4) is 0 Å². The van der Waals surface area contributed by atoms with Crippen molar-refractivity contribution in [2.45, 2.75) is 20.0 Å². The number of hydrogen-bond acceptors (Lipinski definition) is 4. The van der Waals surface area contributed by atoms with Gasteiger partial charge in [0.1, 0.15) is 6.61 Å². The van der Waals surface area contributed by atoms with Crippen molar-refractivity contribution in [3.8, 4) is 11.5 Å². The number of hydrogen-bond donors (Lipinski definition) is 1. The second-order valence-electron chi connectivity index (χ2n) is 4.81. The molecule has 1 heterocycles. The molecular formula is C16H19BrN2O2. The van der Waals surface area contributed by atoms with Crippen molar-refractivity contribution >= 4 is 15.9 Å². The molecule has 0 fully saturated rings. The van der Waals surface area contributed by atoms with Crippen molar-refractivity contribution in [3.05, 3.63) is 51.8 Å². The molecule has 1 aromatic heterocycles. The first-order chi connectivity index (χ1) is 10.1. The van der Waals surface area contributed by atoms with Gasteiger partial charge in [-0.1, -0.05) is 0 Å². The minimum atomic E-state index is 0.444. The van der Waals surface area contributed by atoms with Gasteiger partial charge in [0.15, 0.2) is 11.5 Å². The number of rotatable bonds is 6. The number of ether oxygens (including phenoxy) is 2. The molecule has 0 aliphatic rings. The Labute approximate surface area is 133 Å². The van der Waals surface area contributed by atoms with Crippen molar-refractivity contribution in [2.24, 2.45) is 5.73 Å². The van der Waals surface area contributed by atoms with E-state index in [9.17, 15) is 0 Å². The largest absolute Gasteiger partial charge is 0.493 e. The molecule has 0 unspecified atom stereocenters. The normalized spacial score (nSPS) is 10.5. The van der Waals surface area contributed by atoms with Gasteiger partial charge in [0.2, 0.25) is 0 Å². The van der Waals surface area contributed by atoms with E-state index in [1.54, 1.807) is 13.3 Å². The molecule has 4 nitrogen and oxygen atoms in total. The third-order valence-corrected chi connectivity index (χ3v) is 3.63. The highest BCUT2D eigenvalue weighted by atomic mass is 79.9. The number of methoxy groups -OCH3 is 1. The molecule has 0 saturated carbocycles. The summed E-state index contributed by atoms with van der Waals surface area (Å²) in [6.07, 6.45) is 4.43. The van der Waals surface area contributed by atoms with Gasteiger partial charge in [0, 0.05) is 18.0 Å². The van der Waals surface area contributed by atoms with Crippen LogP contribution in [0.1, 0.15) is 16.7 Å². The summed E-state index contributed by atoms with van der Waals surface area (Å²) in [7, 11) is 1.63. The summed E-state index contributed by atoms with van der Waals surface area (Å²) in [4.78, 5) is 4.16. The van der Waals surface area contributed by atoms with E-state index in [1.807, 2.05) is 25.3 Å². The fourth-order valence-electron chi connectivity index (χ4n) is 2.08. The fraction of sp³-hybridized carbons (Fsp3) is 0.312. The Bertz CT molecular complexity index is 617. The van der Waals surface area contributed by atoms with Gasteiger partial charge >= 0.3 is 0 Å². The summed E-state index contributed by atoms with van der Waals surface area (Å²) in [5.74, 6) is 1.40. The van der Waals surface area contributed by atoms with Crippen molar-refractivity contribution in [1.29, 1.82) is 0 Å². The Morgan fingerprint density at radius 1 is 1.19 bits per heavy atom. The van der Waals surface area contributed by atoms with Gasteiger partial charge in [0.05, 0.1) is 11.6 Å². The summed E-state index contributed by atoms with van der Waals surface area (Å²) in [5.41, 5.74) is 8.85. The lowest BCUT2D eigenvalue weighted by atomic mass is 10.1. The molecule has 2 aromatic rings. The van der Waals surface area contributed by atoms with Crippen LogP contribution in [-0.4, -0.2) is 18.6 Å². The molecule has 112 valence electrons. The van der Waals surface area contributed by atoms with Crippen LogP contribution in [0.5, 0.6) is 11.5 Å². The van der Waals surface area contributed by atoms with Gasteiger partial charge in [-0.15, -0.1) is 0 Å². The zero-order chi connectivity index (χ0) is 15.2. The van der Waals surface area contributed by atoms with Crippen LogP contribution in [0.15, 0.2) is 35.1 Å². The van der Waals surface area contributed by atoms with E-state index in [-0.39, 0.29) is 0 Å². The molecule has 1 aromatic carbocycles. The first-order valence-corrected chi connectivity index (χ1v) is 7.53. The molecular weight excluding hydrogens is 332 g/mol. The Morgan fingerprint density at radius 2 is 2.00 bits per heavy atom. The molecule has 5 heteroatoms. The van der Waals surface area contributed by atoms with Crippen molar-refractivity contribution < 1.29 is 9.47 Å². The predicted octanol–water partition coefficient (Wildman–Crippen LogP) is 3.24. The maximum atomic E-state index is 5.89. The van der Waals surface area contributed by atoms with Crippen LogP contribution in [-0.2, 0) is 13.0 Å². The molecule has 0 spiro atoms. The van der Waals surface area contributed by atoms with Gasteiger partial charge in [-0.3, -0.25) is 4.98 Å². The predicted molar refractivity (Wildman–Crippen MR) is 86.8 cm³/mol. The highest BCUT2D eigenvalue weighted by molar-refractivity contribution is 9.10. The maximum absolute atomic E-state index is 5.89. The lowest BCUT2D eigenvalue weighted by molar-refractivity contribution is 0.282. The number of aromatic nitrogens is 1. The molecule has 0 aliphatic carbocycles. The standard InChI is InChI=1S/C16H19BrN2O2/c1-11-5-13(9-19-8-11)10-21-16-14(17)6-12(3-4-18)7-15(16)20-2/h5-9H,3-4,10,18H2,1-2H3. The zero-order valence-electron chi connectivity index (χ0n) is 12.2. The number of benzene rings is 1. The molecule has 2 rings (SSSR count). The van der Waals surface area contributed by atoms with E-state index in [0.717, 1.165) is 27.6 Å². The van der Waals surface area contributed by atoms with E-state index in [1.165, 1.54) is 0 Å². The topological polar surface area (TPSA) is 57.4 Å². The Balaban J connectivity index is 2.19. The molecule has 0 amide bonds. The summed E-state index contributed by atoms with van der Waals surface area (Å²) >= 11 is 3.54. The minimum absolute atomic E-state index is 0.444. The highest BCUT2D eigenvalue weighted by Crippen LogP contribution is 2.37. The molecule has 0 aliphatic heterocycles. The van der Waals surface area contributed by atoms with Crippen molar-refractivity contribution in [2.75, 3.05) is 13.7 Å². The SMILES string of the molecule is COc1cc(CCN)cc(Br)c1OCc1cncc(C)c1. The zero-order valence-corrected chi connectivity index (χ0v) is 13.8. The maximum Gasteiger partial charge on any atom is 0.175 e. The van der Waals surface area contributed by atoms with Gasteiger partial charge in [0.25, 0.3) is 0 Å². The van der Waals surface area contributed by atoms with Crippen molar-refractivity contribution in [1.82, 2.24) is 4.98 Å². The van der Waals surface area contributed by atoms with Crippen LogP contribution < -0.4 is 15.2 Å². The Kier molecular flexibility index (Phi) is 5.59. The van der Waals surface area contributed by atoms with Crippen LogP contribution in [0.4, 0.5) is 0 Å². The quantitative estimate of drug-likeness (QED) is 0.868. The second-order valence-corrected chi connectivity index (χ2v) is 5.66. The lowest BCUT2D eigenvalue weighted by Gasteiger charge is -2.14.